The lowest BCUT2D eigenvalue weighted by Gasteiger charge is -2.16. The second-order valence-corrected chi connectivity index (χ2v) is 4.99. The molecule has 0 saturated carbocycles. The van der Waals surface area contributed by atoms with Gasteiger partial charge in [-0.05, 0) is 48.7 Å². The third-order valence-electron chi connectivity index (χ3n) is 3.40. The number of carbonyl (C=O) groups is 1. The molecular weight excluding hydrogens is 271 g/mol. The Kier molecular flexibility index (Phi) is 4.58. The molecule has 0 saturated heterocycles. The molecule has 0 radical (unpaired) electrons. The molecule has 0 fully saturated rings. The predicted molar refractivity (Wildman–Crippen MR) is 78.1 cm³/mol. The van der Waals surface area contributed by atoms with Crippen LogP contribution in [0.25, 0.3) is 0 Å². The maximum atomic E-state index is 13.6. The van der Waals surface area contributed by atoms with E-state index in [0.717, 1.165) is 11.1 Å². The van der Waals surface area contributed by atoms with E-state index in [0.29, 0.717) is 11.3 Å². The van der Waals surface area contributed by atoms with E-state index in [2.05, 4.69) is 0 Å². The number of ether oxygens (including phenoxy) is 1. The number of rotatable bonds is 5. The molecule has 0 amide bonds. The smallest absolute Gasteiger partial charge is 0.345 e. The summed E-state index contributed by atoms with van der Waals surface area (Å²) in [6, 6.07) is 11.5. The molecule has 2 rings (SSSR count). The van der Waals surface area contributed by atoms with Crippen molar-refractivity contribution >= 4 is 5.97 Å². The van der Waals surface area contributed by atoms with Crippen molar-refractivity contribution in [1.82, 2.24) is 0 Å². The monoisotopic (exact) mass is 288 g/mol. The molecule has 0 heterocycles. The van der Waals surface area contributed by atoms with E-state index >= 15 is 0 Å². The van der Waals surface area contributed by atoms with E-state index in [1.807, 2.05) is 19.9 Å². The van der Waals surface area contributed by atoms with Crippen LogP contribution in [0.4, 0.5) is 4.39 Å². The Balaban J connectivity index is 2.18. The zero-order valence-electron chi connectivity index (χ0n) is 12.0. The van der Waals surface area contributed by atoms with Gasteiger partial charge in [-0.3, -0.25) is 0 Å². The first-order valence-corrected chi connectivity index (χ1v) is 6.67. The third-order valence-corrected chi connectivity index (χ3v) is 3.40. The van der Waals surface area contributed by atoms with Crippen LogP contribution in [0.3, 0.4) is 0 Å². The summed E-state index contributed by atoms with van der Waals surface area (Å²) in [5.74, 6) is -1.06. The van der Waals surface area contributed by atoms with Gasteiger partial charge in [0.25, 0.3) is 0 Å². The highest BCUT2D eigenvalue weighted by molar-refractivity contribution is 5.73. The van der Waals surface area contributed by atoms with Crippen molar-refractivity contribution in [2.45, 2.75) is 26.4 Å². The molecule has 0 spiro atoms. The van der Waals surface area contributed by atoms with E-state index in [-0.39, 0.29) is 6.42 Å². The zero-order valence-corrected chi connectivity index (χ0v) is 12.0. The van der Waals surface area contributed by atoms with Crippen molar-refractivity contribution in [3.05, 3.63) is 65.0 Å². The largest absolute Gasteiger partial charge is 0.478 e. The number of hydrogen-bond donors (Lipinski definition) is 1. The second kappa shape index (κ2) is 6.39. The van der Waals surface area contributed by atoms with Crippen molar-refractivity contribution < 1.29 is 19.0 Å². The molecule has 1 unspecified atom stereocenters. The van der Waals surface area contributed by atoms with E-state index in [9.17, 15) is 14.3 Å². The van der Waals surface area contributed by atoms with Crippen LogP contribution in [0.2, 0.25) is 0 Å². The van der Waals surface area contributed by atoms with Gasteiger partial charge in [-0.25, -0.2) is 9.18 Å². The van der Waals surface area contributed by atoms with Crippen LogP contribution >= 0.6 is 0 Å². The normalized spacial score (nSPS) is 12.0. The molecule has 0 bridgehead atoms. The van der Waals surface area contributed by atoms with Gasteiger partial charge in [0, 0.05) is 6.42 Å². The molecule has 1 N–H and O–H groups in total. The number of benzene rings is 2. The lowest BCUT2D eigenvalue weighted by atomic mass is 10.1. The Morgan fingerprint density at radius 3 is 2.52 bits per heavy atom. The first-order chi connectivity index (χ1) is 9.97. The fourth-order valence-corrected chi connectivity index (χ4v) is 1.99. The van der Waals surface area contributed by atoms with Gasteiger partial charge in [-0.15, -0.1) is 0 Å². The topological polar surface area (TPSA) is 46.5 Å². The molecule has 0 aliphatic carbocycles. The number of aryl methyl sites for hydroxylation is 2. The third kappa shape index (κ3) is 3.81. The number of carboxylic acid groups (broad SMARTS) is 1. The van der Waals surface area contributed by atoms with E-state index in [1.54, 1.807) is 30.3 Å². The Morgan fingerprint density at radius 1 is 1.19 bits per heavy atom. The standard InChI is InChI=1S/C17H17FO3/c1-11-7-8-14(9-12(11)2)21-16(17(19)20)10-13-5-3-4-6-15(13)18/h3-9,16H,10H2,1-2H3,(H,19,20). The van der Waals surface area contributed by atoms with Gasteiger partial charge in [0.15, 0.2) is 6.10 Å². The van der Waals surface area contributed by atoms with Crippen LogP contribution in [0.1, 0.15) is 16.7 Å². The maximum Gasteiger partial charge on any atom is 0.345 e. The van der Waals surface area contributed by atoms with Crippen LogP contribution in [0.15, 0.2) is 42.5 Å². The summed E-state index contributed by atoms with van der Waals surface area (Å²) in [5, 5.41) is 9.26. The highest BCUT2D eigenvalue weighted by Crippen LogP contribution is 2.19. The highest BCUT2D eigenvalue weighted by atomic mass is 19.1. The van der Waals surface area contributed by atoms with Gasteiger partial charge in [0.05, 0.1) is 0 Å². The number of aliphatic carboxylic acids is 1. The summed E-state index contributed by atoms with van der Waals surface area (Å²) in [6.45, 7) is 3.89. The first kappa shape index (κ1) is 15.0. The molecule has 21 heavy (non-hydrogen) atoms. The average Bonchev–Trinajstić information content (AvgIpc) is 2.44. The van der Waals surface area contributed by atoms with Crippen molar-refractivity contribution in [2.24, 2.45) is 0 Å². The van der Waals surface area contributed by atoms with Gasteiger partial charge in [0.2, 0.25) is 0 Å². The van der Waals surface area contributed by atoms with Crippen LogP contribution in [-0.2, 0) is 11.2 Å². The van der Waals surface area contributed by atoms with Crippen LogP contribution < -0.4 is 4.74 Å². The van der Waals surface area contributed by atoms with Crippen molar-refractivity contribution in [3.63, 3.8) is 0 Å². The Morgan fingerprint density at radius 2 is 1.90 bits per heavy atom. The molecule has 3 nitrogen and oxygen atoms in total. The zero-order chi connectivity index (χ0) is 15.4. The van der Waals surface area contributed by atoms with Gasteiger partial charge in [-0.1, -0.05) is 24.3 Å². The lowest BCUT2D eigenvalue weighted by molar-refractivity contribution is -0.145. The molecule has 2 aromatic rings. The summed E-state index contributed by atoms with van der Waals surface area (Å²) in [7, 11) is 0. The number of hydrogen-bond acceptors (Lipinski definition) is 2. The van der Waals surface area contributed by atoms with Gasteiger partial charge >= 0.3 is 5.97 Å². The molecule has 2 aromatic carbocycles. The summed E-state index contributed by atoms with van der Waals surface area (Å²) in [6.07, 6.45) is -1.14. The summed E-state index contributed by atoms with van der Waals surface area (Å²) in [5.41, 5.74) is 2.44. The fourth-order valence-electron chi connectivity index (χ4n) is 1.99. The first-order valence-electron chi connectivity index (χ1n) is 6.67. The Labute approximate surface area is 123 Å². The molecule has 1 atom stereocenters. The fraction of sp³-hybridized carbons (Fsp3) is 0.235. The van der Waals surface area contributed by atoms with Crippen LogP contribution in [0.5, 0.6) is 5.75 Å². The van der Waals surface area contributed by atoms with Gasteiger partial charge in [0.1, 0.15) is 11.6 Å². The minimum atomic E-state index is -1.12. The molecule has 110 valence electrons. The van der Waals surface area contributed by atoms with Crippen molar-refractivity contribution in [2.75, 3.05) is 0 Å². The summed E-state index contributed by atoms with van der Waals surface area (Å²) < 4.78 is 19.1. The van der Waals surface area contributed by atoms with Crippen molar-refractivity contribution in [1.29, 1.82) is 0 Å². The predicted octanol–water partition coefficient (Wildman–Crippen LogP) is 3.52. The SMILES string of the molecule is Cc1ccc(OC(Cc2ccccc2F)C(=O)O)cc1C. The quantitative estimate of drug-likeness (QED) is 0.915. The molecular formula is C17H17FO3. The summed E-state index contributed by atoms with van der Waals surface area (Å²) >= 11 is 0. The number of carboxylic acids is 1. The summed E-state index contributed by atoms with van der Waals surface area (Å²) in [4.78, 5) is 11.3. The molecule has 0 aliphatic rings. The van der Waals surface area contributed by atoms with E-state index in [4.69, 9.17) is 4.74 Å². The average molecular weight is 288 g/mol. The number of halogens is 1. The van der Waals surface area contributed by atoms with E-state index < -0.39 is 17.9 Å². The highest BCUT2D eigenvalue weighted by Gasteiger charge is 2.21. The molecule has 0 aromatic heterocycles. The maximum absolute atomic E-state index is 13.6. The lowest BCUT2D eigenvalue weighted by Crippen LogP contribution is -2.29. The van der Waals surface area contributed by atoms with E-state index in [1.165, 1.54) is 6.07 Å². The second-order valence-electron chi connectivity index (χ2n) is 4.99. The Hall–Kier alpha value is -2.36. The van der Waals surface area contributed by atoms with Gasteiger partial charge < -0.3 is 9.84 Å². The molecule has 4 heteroatoms. The Bertz CT molecular complexity index is 652. The minimum Gasteiger partial charge on any atom is -0.478 e. The van der Waals surface area contributed by atoms with Crippen LogP contribution in [0, 0.1) is 19.7 Å². The van der Waals surface area contributed by atoms with Crippen LogP contribution in [-0.4, -0.2) is 17.2 Å². The minimum absolute atomic E-state index is 0.0189. The molecule has 0 aliphatic heterocycles. The van der Waals surface area contributed by atoms with Crippen molar-refractivity contribution in [3.8, 4) is 5.75 Å². The van der Waals surface area contributed by atoms with Gasteiger partial charge in [-0.2, -0.15) is 0 Å².